The smallest absolute Gasteiger partial charge is 0.243 e. The van der Waals surface area contributed by atoms with E-state index in [1.807, 2.05) is 0 Å². The van der Waals surface area contributed by atoms with Gasteiger partial charge < -0.3 is 10.1 Å². The van der Waals surface area contributed by atoms with Crippen molar-refractivity contribution >= 4 is 15.9 Å². The molecule has 1 aromatic rings. The first-order chi connectivity index (χ1) is 11.5. The summed E-state index contributed by atoms with van der Waals surface area (Å²) in [7, 11) is -1.91. The number of carbonyl (C=O) groups is 1. The molecule has 0 aromatic heterocycles. The Hall–Kier alpha value is -1.60. The van der Waals surface area contributed by atoms with Gasteiger partial charge in [-0.3, -0.25) is 4.79 Å². The predicted molar refractivity (Wildman–Crippen MR) is 88.4 cm³/mol. The van der Waals surface area contributed by atoms with Crippen molar-refractivity contribution in [2.24, 2.45) is 5.92 Å². The Morgan fingerprint density at radius 2 is 1.92 bits per heavy atom. The minimum absolute atomic E-state index is 0.0314. The van der Waals surface area contributed by atoms with E-state index in [-0.39, 0.29) is 17.9 Å². The number of methoxy groups -OCH3 is 1. The fraction of sp³-hybridized carbons (Fsp3) is 0.588. The predicted octanol–water partition coefficient (Wildman–Crippen LogP) is 1.08. The van der Waals surface area contributed by atoms with Gasteiger partial charge in [-0.25, -0.2) is 8.42 Å². The maximum absolute atomic E-state index is 13.2. The van der Waals surface area contributed by atoms with Gasteiger partial charge in [-0.15, -0.1) is 0 Å². The fourth-order valence-corrected chi connectivity index (χ4v) is 6.08. The summed E-state index contributed by atoms with van der Waals surface area (Å²) >= 11 is 0. The second kappa shape index (κ2) is 5.74. The third-order valence-electron chi connectivity index (χ3n) is 5.49. The number of hydrogen-bond donors (Lipinski definition) is 1. The quantitative estimate of drug-likeness (QED) is 0.885. The van der Waals surface area contributed by atoms with Gasteiger partial charge in [-0.1, -0.05) is 0 Å². The number of nitrogens with zero attached hydrogens (tertiary/aromatic N) is 1. The van der Waals surface area contributed by atoms with E-state index in [9.17, 15) is 13.2 Å². The Morgan fingerprint density at radius 3 is 2.62 bits per heavy atom. The first-order valence-electron chi connectivity index (χ1n) is 8.49. The Bertz CT molecular complexity index is 774. The van der Waals surface area contributed by atoms with Crippen LogP contribution >= 0.6 is 0 Å². The van der Waals surface area contributed by atoms with Crippen molar-refractivity contribution < 1.29 is 17.9 Å². The maximum atomic E-state index is 13.2. The van der Waals surface area contributed by atoms with Crippen LogP contribution in [-0.4, -0.2) is 44.9 Å². The molecule has 1 aliphatic carbocycles. The van der Waals surface area contributed by atoms with Crippen LogP contribution in [0.2, 0.25) is 0 Å². The zero-order valence-corrected chi connectivity index (χ0v) is 14.6. The summed E-state index contributed by atoms with van der Waals surface area (Å²) in [6.07, 6.45) is 4.13. The van der Waals surface area contributed by atoms with Crippen molar-refractivity contribution in [1.29, 1.82) is 0 Å². The first-order valence-corrected chi connectivity index (χ1v) is 9.93. The van der Waals surface area contributed by atoms with E-state index in [1.165, 1.54) is 0 Å². The molecule has 4 rings (SSSR count). The standard InChI is InChI=1S/C17H22N2O4S/c1-23-15-6-7-16(13-5-3-2-4-12(13)15)24(21,22)19-9-11-8-17(20)18-14(11)10-19/h6-7,11,14H,2-5,8-10H2,1H3,(H,18,20)/t11-,14+/m0/s1. The second-order valence-electron chi connectivity index (χ2n) is 6.89. The number of carbonyl (C=O) groups excluding carboxylic acids is 1. The number of nitrogens with one attached hydrogen (secondary N) is 1. The molecule has 130 valence electrons. The normalized spacial score (nSPS) is 26.8. The van der Waals surface area contributed by atoms with Gasteiger partial charge in [0.25, 0.3) is 0 Å². The second-order valence-corrected chi connectivity index (χ2v) is 8.80. The highest BCUT2D eigenvalue weighted by atomic mass is 32.2. The van der Waals surface area contributed by atoms with Crippen LogP contribution in [0.5, 0.6) is 5.75 Å². The Kier molecular flexibility index (Phi) is 3.80. The Labute approximate surface area is 142 Å². The molecule has 24 heavy (non-hydrogen) atoms. The lowest BCUT2D eigenvalue weighted by Gasteiger charge is -2.24. The van der Waals surface area contributed by atoms with E-state index in [4.69, 9.17) is 4.74 Å². The molecule has 2 aliphatic heterocycles. The average Bonchev–Trinajstić information content (AvgIpc) is 3.11. The summed E-state index contributed by atoms with van der Waals surface area (Å²) in [4.78, 5) is 11.9. The lowest BCUT2D eigenvalue weighted by Crippen LogP contribution is -2.36. The summed E-state index contributed by atoms with van der Waals surface area (Å²) in [5.74, 6) is 0.916. The van der Waals surface area contributed by atoms with E-state index in [2.05, 4.69) is 5.32 Å². The molecule has 0 spiro atoms. The molecule has 1 amide bonds. The highest BCUT2D eigenvalue weighted by Crippen LogP contribution is 2.37. The molecule has 2 fully saturated rings. The summed E-state index contributed by atoms with van der Waals surface area (Å²) in [5, 5.41) is 2.88. The van der Waals surface area contributed by atoms with Gasteiger partial charge in [0.2, 0.25) is 15.9 Å². The number of benzene rings is 1. The van der Waals surface area contributed by atoms with Gasteiger partial charge >= 0.3 is 0 Å². The minimum atomic E-state index is -3.54. The van der Waals surface area contributed by atoms with E-state index < -0.39 is 10.0 Å². The number of sulfonamides is 1. The highest BCUT2D eigenvalue weighted by Gasteiger charge is 2.45. The SMILES string of the molecule is COc1ccc(S(=O)(=O)N2C[C@@H]3CC(=O)N[C@@H]3C2)c2c1CCCC2. The summed E-state index contributed by atoms with van der Waals surface area (Å²) < 4.78 is 33.3. The molecule has 2 heterocycles. The van der Waals surface area contributed by atoms with Crippen LogP contribution in [0.25, 0.3) is 0 Å². The van der Waals surface area contributed by atoms with Gasteiger partial charge in [0.15, 0.2) is 0 Å². The van der Waals surface area contributed by atoms with Crippen molar-refractivity contribution in [3.63, 3.8) is 0 Å². The fourth-order valence-electron chi connectivity index (χ4n) is 4.28. The van der Waals surface area contributed by atoms with Crippen LogP contribution in [-0.2, 0) is 27.7 Å². The summed E-state index contributed by atoms with van der Waals surface area (Å²) in [5.41, 5.74) is 1.96. The Balaban J connectivity index is 1.69. The van der Waals surface area contributed by atoms with Crippen LogP contribution in [0, 0.1) is 5.92 Å². The van der Waals surface area contributed by atoms with Crippen LogP contribution in [0.1, 0.15) is 30.4 Å². The minimum Gasteiger partial charge on any atom is -0.496 e. The van der Waals surface area contributed by atoms with Gasteiger partial charge in [-0.2, -0.15) is 4.31 Å². The third-order valence-corrected chi connectivity index (χ3v) is 7.40. The van der Waals surface area contributed by atoms with Gasteiger partial charge in [-0.05, 0) is 48.9 Å². The summed E-state index contributed by atoms with van der Waals surface area (Å²) in [6.45, 7) is 0.798. The van der Waals surface area contributed by atoms with E-state index >= 15 is 0 Å². The number of rotatable bonds is 3. The molecule has 2 atom stereocenters. The molecule has 0 saturated carbocycles. The molecule has 1 N–H and O–H groups in total. The molecular formula is C17H22N2O4S. The van der Waals surface area contributed by atoms with E-state index in [0.717, 1.165) is 42.6 Å². The van der Waals surface area contributed by atoms with Gasteiger partial charge in [0.05, 0.1) is 12.0 Å². The van der Waals surface area contributed by atoms with Crippen molar-refractivity contribution in [3.05, 3.63) is 23.3 Å². The van der Waals surface area contributed by atoms with Crippen molar-refractivity contribution in [2.75, 3.05) is 20.2 Å². The molecule has 0 radical (unpaired) electrons. The van der Waals surface area contributed by atoms with Crippen LogP contribution in [0.3, 0.4) is 0 Å². The maximum Gasteiger partial charge on any atom is 0.243 e. The zero-order chi connectivity index (χ0) is 16.9. The van der Waals surface area contributed by atoms with Crippen LogP contribution in [0.4, 0.5) is 0 Å². The summed E-state index contributed by atoms with van der Waals surface area (Å²) in [6, 6.07) is 3.42. The Morgan fingerprint density at radius 1 is 1.17 bits per heavy atom. The molecule has 0 unspecified atom stereocenters. The zero-order valence-electron chi connectivity index (χ0n) is 13.7. The number of hydrogen-bond acceptors (Lipinski definition) is 4. The largest absolute Gasteiger partial charge is 0.496 e. The average molecular weight is 350 g/mol. The molecule has 1 aromatic carbocycles. The topological polar surface area (TPSA) is 75.7 Å². The van der Waals surface area contributed by atoms with Crippen LogP contribution in [0.15, 0.2) is 17.0 Å². The first kappa shape index (κ1) is 15.9. The number of fused-ring (bicyclic) bond motifs is 2. The molecule has 6 nitrogen and oxygen atoms in total. The lowest BCUT2D eigenvalue weighted by molar-refractivity contribution is -0.119. The molecule has 3 aliphatic rings. The highest BCUT2D eigenvalue weighted by molar-refractivity contribution is 7.89. The number of ether oxygens (including phenoxy) is 1. The molecule has 7 heteroatoms. The molecule has 0 bridgehead atoms. The van der Waals surface area contributed by atoms with Crippen molar-refractivity contribution in [2.45, 2.75) is 43.0 Å². The van der Waals surface area contributed by atoms with Crippen molar-refractivity contribution in [1.82, 2.24) is 9.62 Å². The van der Waals surface area contributed by atoms with E-state index in [1.54, 1.807) is 23.5 Å². The monoisotopic (exact) mass is 350 g/mol. The van der Waals surface area contributed by atoms with Crippen molar-refractivity contribution in [3.8, 4) is 5.75 Å². The lowest BCUT2D eigenvalue weighted by atomic mass is 9.91. The van der Waals surface area contributed by atoms with Crippen LogP contribution < -0.4 is 10.1 Å². The van der Waals surface area contributed by atoms with Gasteiger partial charge in [0, 0.05) is 31.5 Å². The third kappa shape index (κ3) is 2.41. The van der Waals surface area contributed by atoms with E-state index in [0.29, 0.717) is 24.4 Å². The molecule has 2 saturated heterocycles. The van der Waals surface area contributed by atoms with Gasteiger partial charge in [0.1, 0.15) is 5.75 Å². The number of amides is 1. The molecular weight excluding hydrogens is 328 g/mol.